The number of hydrogen-bond acceptors (Lipinski definition) is 7. The number of barbiturate groups is 1. The van der Waals surface area contributed by atoms with Crippen molar-refractivity contribution < 1.29 is 37.8 Å². The monoisotopic (exact) mass is 595 g/mol. The molecule has 0 aromatic heterocycles. The highest BCUT2D eigenvalue weighted by atomic mass is 35.5. The SMILES string of the molecule is CCCOc1ccc(N2C(=O)NC(=O)/C(=C\c3cc(Cl)ccc3OCC(=O)Nc3ccccc3F)C2=O)cc1OCC. The molecule has 0 radical (unpaired) electrons. The van der Waals surface area contributed by atoms with E-state index in [4.69, 9.17) is 25.8 Å². The van der Waals surface area contributed by atoms with Crippen LogP contribution in [-0.2, 0) is 14.4 Å². The van der Waals surface area contributed by atoms with Gasteiger partial charge in [-0.25, -0.2) is 14.1 Å². The van der Waals surface area contributed by atoms with E-state index in [0.29, 0.717) is 24.7 Å². The van der Waals surface area contributed by atoms with Crippen LogP contribution in [0.2, 0.25) is 5.02 Å². The second-order valence-electron chi connectivity index (χ2n) is 8.87. The predicted molar refractivity (Wildman–Crippen MR) is 154 cm³/mol. The summed E-state index contributed by atoms with van der Waals surface area (Å²) in [5.41, 5.74) is -0.0686. The molecule has 218 valence electrons. The third-order valence-corrected chi connectivity index (χ3v) is 6.06. The quantitative estimate of drug-likeness (QED) is 0.226. The number of hydrogen-bond donors (Lipinski definition) is 2. The molecule has 1 fully saturated rings. The van der Waals surface area contributed by atoms with Crippen LogP contribution < -0.4 is 29.7 Å². The van der Waals surface area contributed by atoms with Crippen molar-refractivity contribution in [1.29, 1.82) is 0 Å². The van der Waals surface area contributed by atoms with Crippen LogP contribution in [0.5, 0.6) is 17.2 Å². The standard InChI is InChI=1S/C30H27ClFN3O7/c1-3-13-41-25-12-10-20(16-26(25)40-4-2)35-29(38)21(28(37)34-30(35)39)15-18-14-19(31)9-11-24(18)42-17-27(36)33-23-8-6-5-7-22(23)32/h5-12,14-16H,3-4,13,17H2,1-2H3,(H,33,36)(H,34,37,39)/b21-15+. The third-order valence-electron chi connectivity index (χ3n) is 5.83. The van der Waals surface area contributed by atoms with E-state index in [1.807, 2.05) is 6.92 Å². The van der Waals surface area contributed by atoms with Crippen LogP contribution >= 0.6 is 11.6 Å². The molecule has 0 bridgehead atoms. The van der Waals surface area contributed by atoms with Gasteiger partial charge < -0.3 is 19.5 Å². The van der Waals surface area contributed by atoms with Crippen LogP contribution in [-0.4, -0.2) is 43.6 Å². The Balaban J connectivity index is 1.60. The molecule has 1 saturated heterocycles. The van der Waals surface area contributed by atoms with Crippen molar-refractivity contribution in [3.8, 4) is 17.2 Å². The minimum absolute atomic E-state index is 0.0174. The number of imide groups is 2. The molecule has 5 amide bonds. The number of carbonyl (C=O) groups excluding carboxylic acids is 4. The molecule has 0 unspecified atom stereocenters. The number of nitrogens with one attached hydrogen (secondary N) is 2. The fraction of sp³-hybridized carbons (Fsp3) is 0.200. The Morgan fingerprint density at radius 3 is 2.48 bits per heavy atom. The van der Waals surface area contributed by atoms with Gasteiger partial charge in [-0.2, -0.15) is 0 Å². The summed E-state index contributed by atoms with van der Waals surface area (Å²) in [6.45, 7) is 3.98. The first-order valence-electron chi connectivity index (χ1n) is 13.0. The summed E-state index contributed by atoms with van der Waals surface area (Å²) < 4.78 is 30.8. The van der Waals surface area contributed by atoms with Gasteiger partial charge in [-0.1, -0.05) is 30.7 Å². The van der Waals surface area contributed by atoms with E-state index in [9.17, 15) is 23.6 Å². The van der Waals surface area contributed by atoms with Gasteiger partial charge in [-0.05, 0) is 61.9 Å². The predicted octanol–water partition coefficient (Wildman–Crippen LogP) is 5.35. The van der Waals surface area contributed by atoms with Gasteiger partial charge in [-0.3, -0.25) is 19.7 Å². The molecule has 4 rings (SSSR count). The molecular weight excluding hydrogens is 569 g/mol. The maximum atomic E-state index is 13.9. The number of amides is 5. The summed E-state index contributed by atoms with van der Waals surface area (Å²) in [6, 6.07) is 13.6. The van der Waals surface area contributed by atoms with Gasteiger partial charge in [0.15, 0.2) is 18.1 Å². The number of urea groups is 1. The van der Waals surface area contributed by atoms with Crippen LogP contribution in [0.15, 0.2) is 66.2 Å². The lowest BCUT2D eigenvalue weighted by atomic mass is 10.1. The molecule has 0 saturated carbocycles. The van der Waals surface area contributed by atoms with E-state index in [-0.39, 0.29) is 33.3 Å². The average molecular weight is 596 g/mol. The molecule has 2 N–H and O–H groups in total. The molecule has 12 heteroatoms. The zero-order valence-electron chi connectivity index (χ0n) is 22.7. The van der Waals surface area contributed by atoms with E-state index >= 15 is 0 Å². The van der Waals surface area contributed by atoms with Crippen LogP contribution in [0, 0.1) is 5.82 Å². The van der Waals surface area contributed by atoms with Crippen LogP contribution in [0.1, 0.15) is 25.8 Å². The van der Waals surface area contributed by atoms with Crippen molar-refractivity contribution in [1.82, 2.24) is 5.32 Å². The molecule has 10 nitrogen and oxygen atoms in total. The lowest BCUT2D eigenvalue weighted by Crippen LogP contribution is -2.54. The number of nitrogens with zero attached hydrogens (tertiary/aromatic N) is 1. The van der Waals surface area contributed by atoms with Crippen LogP contribution in [0.3, 0.4) is 0 Å². The Morgan fingerprint density at radius 2 is 1.74 bits per heavy atom. The molecule has 1 heterocycles. The van der Waals surface area contributed by atoms with Gasteiger partial charge in [0.25, 0.3) is 17.7 Å². The van der Waals surface area contributed by atoms with Gasteiger partial charge >= 0.3 is 6.03 Å². The number of para-hydroxylation sites is 1. The van der Waals surface area contributed by atoms with Crippen LogP contribution in [0.4, 0.5) is 20.6 Å². The lowest BCUT2D eigenvalue weighted by molar-refractivity contribution is -0.122. The molecule has 3 aromatic carbocycles. The van der Waals surface area contributed by atoms with Crippen molar-refractivity contribution >= 4 is 52.8 Å². The molecule has 42 heavy (non-hydrogen) atoms. The maximum absolute atomic E-state index is 13.9. The molecule has 3 aromatic rings. The first-order chi connectivity index (χ1) is 20.2. The van der Waals surface area contributed by atoms with E-state index in [1.165, 1.54) is 54.6 Å². The average Bonchev–Trinajstić information content (AvgIpc) is 2.95. The maximum Gasteiger partial charge on any atom is 0.335 e. The molecule has 1 aliphatic rings. The molecule has 1 aliphatic heterocycles. The number of benzene rings is 3. The van der Waals surface area contributed by atoms with Crippen molar-refractivity contribution in [3.63, 3.8) is 0 Å². The highest BCUT2D eigenvalue weighted by Crippen LogP contribution is 2.34. The number of anilines is 2. The minimum atomic E-state index is -0.945. The Labute approximate surface area is 246 Å². The number of ether oxygens (including phenoxy) is 3. The lowest BCUT2D eigenvalue weighted by Gasteiger charge is -2.27. The normalized spacial score (nSPS) is 14.0. The highest BCUT2D eigenvalue weighted by molar-refractivity contribution is 6.39. The Kier molecular flexibility index (Phi) is 9.77. The van der Waals surface area contributed by atoms with E-state index in [1.54, 1.807) is 19.1 Å². The summed E-state index contributed by atoms with van der Waals surface area (Å²) in [5, 5.41) is 4.82. The van der Waals surface area contributed by atoms with Gasteiger partial charge in [0.1, 0.15) is 17.1 Å². The van der Waals surface area contributed by atoms with E-state index in [2.05, 4.69) is 10.6 Å². The fourth-order valence-corrected chi connectivity index (χ4v) is 4.12. The Hall–Kier alpha value is -4.90. The van der Waals surface area contributed by atoms with Crippen molar-refractivity contribution in [2.75, 3.05) is 30.0 Å². The van der Waals surface area contributed by atoms with Gasteiger partial charge in [0.05, 0.1) is 24.6 Å². The largest absolute Gasteiger partial charge is 0.490 e. The zero-order chi connectivity index (χ0) is 30.2. The van der Waals surface area contributed by atoms with Crippen molar-refractivity contribution in [3.05, 3.63) is 82.6 Å². The summed E-state index contributed by atoms with van der Waals surface area (Å²) in [7, 11) is 0. The minimum Gasteiger partial charge on any atom is -0.490 e. The first-order valence-corrected chi connectivity index (χ1v) is 13.4. The van der Waals surface area contributed by atoms with Gasteiger partial charge in [0.2, 0.25) is 0 Å². The van der Waals surface area contributed by atoms with Gasteiger partial charge in [-0.15, -0.1) is 0 Å². The summed E-state index contributed by atoms with van der Waals surface area (Å²) in [5.74, 6) is -2.22. The zero-order valence-corrected chi connectivity index (χ0v) is 23.5. The number of halogens is 2. The Morgan fingerprint density at radius 1 is 0.976 bits per heavy atom. The fourth-order valence-electron chi connectivity index (χ4n) is 3.94. The van der Waals surface area contributed by atoms with Crippen LogP contribution in [0.25, 0.3) is 6.08 Å². The topological polar surface area (TPSA) is 123 Å². The van der Waals surface area contributed by atoms with Gasteiger partial charge in [0, 0.05) is 16.7 Å². The second-order valence-corrected chi connectivity index (χ2v) is 9.31. The number of rotatable bonds is 11. The van der Waals surface area contributed by atoms with Crippen molar-refractivity contribution in [2.45, 2.75) is 20.3 Å². The molecule has 0 aliphatic carbocycles. The summed E-state index contributed by atoms with van der Waals surface area (Å²) in [4.78, 5) is 52.2. The highest BCUT2D eigenvalue weighted by Gasteiger charge is 2.37. The molecule has 0 atom stereocenters. The summed E-state index contributed by atoms with van der Waals surface area (Å²) >= 11 is 6.16. The van der Waals surface area contributed by atoms with E-state index < -0.39 is 36.2 Å². The molecule has 0 spiro atoms. The summed E-state index contributed by atoms with van der Waals surface area (Å²) in [6.07, 6.45) is 1.97. The first kappa shape index (κ1) is 30.1. The molecular formula is C30H27ClFN3O7. The smallest absolute Gasteiger partial charge is 0.335 e. The number of carbonyl (C=O) groups is 4. The second kappa shape index (κ2) is 13.6. The Bertz CT molecular complexity index is 1560. The van der Waals surface area contributed by atoms with Crippen molar-refractivity contribution in [2.24, 2.45) is 0 Å². The third kappa shape index (κ3) is 7.05. The van der Waals surface area contributed by atoms with E-state index in [0.717, 1.165) is 11.3 Å².